The van der Waals surface area contributed by atoms with E-state index in [4.69, 9.17) is 0 Å². The number of hydrogen-bond donors (Lipinski definition) is 0. The molecule has 0 aliphatic carbocycles. The van der Waals surface area contributed by atoms with Crippen molar-refractivity contribution in [2.45, 2.75) is 34.6 Å². The molecule has 0 nitrogen and oxygen atoms in total. The van der Waals surface area contributed by atoms with Crippen LogP contribution in [0, 0.1) is 48.1 Å². The van der Waals surface area contributed by atoms with Crippen molar-refractivity contribution in [3.63, 3.8) is 0 Å². The molecule has 0 saturated carbocycles. The Morgan fingerprint density at radius 1 is 0.692 bits per heavy atom. The van der Waals surface area contributed by atoms with Crippen LogP contribution in [-0.2, 0) is 21.1 Å². The number of hydrogen-bond acceptors (Lipinski definition) is 0. The summed E-state index contributed by atoms with van der Waals surface area (Å²) in [4.78, 5) is 0. The minimum atomic E-state index is 0. The van der Waals surface area contributed by atoms with Crippen LogP contribution in [0.5, 0.6) is 0 Å². The molecule has 0 amide bonds. The number of benzene rings is 1. The van der Waals surface area contributed by atoms with Crippen LogP contribution in [0.3, 0.4) is 0 Å². The van der Waals surface area contributed by atoms with Crippen LogP contribution in [0.15, 0.2) is 0 Å². The summed E-state index contributed by atoms with van der Waals surface area (Å²) in [7, 11) is 0. The van der Waals surface area contributed by atoms with Gasteiger partial charge in [0, 0.05) is 0 Å². The van der Waals surface area contributed by atoms with Crippen LogP contribution >= 0.6 is 0 Å². The first-order valence-corrected chi connectivity index (χ1v) is 4.00. The summed E-state index contributed by atoms with van der Waals surface area (Å²) in [5, 5.41) is 0. The normalized spacial score (nSPS) is 8.69. The zero-order valence-corrected chi connectivity index (χ0v) is 12.3. The van der Waals surface area contributed by atoms with E-state index in [1.54, 1.807) is 0 Å². The summed E-state index contributed by atoms with van der Waals surface area (Å²) >= 11 is 0. The second-order valence-electron chi connectivity index (χ2n) is 3.25. The minimum absolute atomic E-state index is 0. The van der Waals surface area contributed by atoms with Gasteiger partial charge in [0.2, 0.25) is 0 Å². The Labute approximate surface area is 97.0 Å². The maximum absolute atomic E-state index is 3.35. The topological polar surface area (TPSA) is 0 Å². The van der Waals surface area contributed by atoms with E-state index in [2.05, 4.69) is 40.7 Å². The standard InChI is InChI=1S/C11H15.CH3.W/c1-7-6-8(2)10(4)11(5)9(7)3;;/h1-5H3;1H3;/q2*-1;+2. The van der Waals surface area contributed by atoms with Crippen molar-refractivity contribution in [2.24, 2.45) is 0 Å². The molecule has 0 unspecified atom stereocenters. The summed E-state index contributed by atoms with van der Waals surface area (Å²) in [5.41, 5.74) is 6.75. The maximum Gasteiger partial charge on any atom is 2.00 e. The van der Waals surface area contributed by atoms with Crippen molar-refractivity contribution in [1.29, 1.82) is 0 Å². The van der Waals surface area contributed by atoms with E-state index in [0.29, 0.717) is 0 Å². The van der Waals surface area contributed by atoms with Crippen molar-refractivity contribution in [3.8, 4) is 0 Å². The third-order valence-corrected chi connectivity index (χ3v) is 2.62. The van der Waals surface area contributed by atoms with Gasteiger partial charge < -0.3 is 7.43 Å². The molecule has 13 heavy (non-hydrogen) atoms. The third-order valence-electron chi connectivity index (χ3n) is 2.62. The van der Waals surface area contributed by atoms with E-state index in [9.17, 15) is 0 Å². The molecule has 0 aliphatic rings. The van der Waals surface area contributed by atoms with Gasteiger partial charge in [-0.05, 0) is 0 Å². The summed E-state index contributed by atoms with van der Waals surface area (Å²) in [6.07, 6.45) is 0. The predicted octanol–water partition coefficient (Wildman–Crippen LogP) is 3.48. The molecular weight excluding hydrogens is 328 g/mol. The van der Waals surface area contributed by atoms with E-state index in [1.165, 1.54) is 27.8 Å². The quantitative estimate of drug-likeness (QED) is 0.631. The first-order chi connectivity index (χ1) is 5.04. The Kier molecular flexibility index (Phi) is 6.63. The Morgan fingerprint density at radius 3 is 1.31 bits per heavy atom. The molecule has 1 aromatic carbocycles. The summed E-state index contributed by atoms with van der Waals surface area (Å²) in [6, 6.07) is 3.35. The molecule has 0 spiro atoms. The van der Waals surface area contributed by atoms with E-state index in [-0.39, 0.29) is 28.5 Å². The van der Waals surface area contributed by atoms with Gasteiger partial charge in [-0.3, -0.25) is 0 Å². The summed E-state index contributed by atoms with van der Waals surface area (Å²) in [5.74, 6) is 0. The van der Waals surface area contributed by atoms with E-state index < -0.39 is 0 Å². The third kappa shape index (κ3) is 2.95. The van der Waals surface area contributed by atoms with E-state index in [0.717, 1.165) is 0 Å². The maximum atomic E-state index is 3.35. The van der Waals surface area contributed by atoms with E-state index >= 15 is 0 Å². The van der Waals surface area contributed by atoms with Gasteiger partial charge in [0.25, 0.3) is 0 Å². The minimum Gasteiger partial charge on any atom is -0.358 e. The molecule has 0 aliphatic heterocycles. The van der Waals surface area contributed by atoms with Crippen molar-refractivity contribution < 1.29 is 21.1 Å². The monoisotopic (exact) mass is 346 g/mol. The molecule has 0 aromatic heterocycles. The summed E-state index contributed by atoms with van der Waals surface area (Å²) < 4.78 is 0. The molecule has 0 heterocycles. The van der Waals surface area contributed by atoms with Crippen LogP contribution in [0.25, 0.3) is 0 Å². The molecule has 0 saturated heterocycles. The summed E-state index contributed by atoms with van der Waals surface area (Å²) in [6.45, 7) is 10.7. The Hall–Kier alpha value is -0.0917. The Morgan fingerprint density at radius 2 is 1.00 bits per heavy atom. The van der Waals surface area contributed by atoms with Gasteiger partial charge in [-0.25, -0.2) is 0 Å². The van der Waals surface area contributed by atoms with Gasteiger partial charge >= 0.3 is 21.1 Å². The van der Waals surface area contributed by atoms with E-state index in [1.807, 2.05) is 0 Å². The fourth-order valence-corrected chi connectivity index (χ4v) is 1.31. The zero-order chi connectivity index (χ0) is 8.59. The fourth-order valence-electron chi connectivity index (χ4n) is 1.31. The van der Waals surface area contributed by atoms with Crippen LogP contribution in [-0.4, -0.2) is 0 Å². The molecule has 1 aromatic rings. The molecule has 1 heteroatoms. The second-order valence-corrected chi connectivity index (χ2v) is 3.25. The fraction of sp³-hybridized carbons (Fsp3) is 0.417. The molecular formula is C12H18W. The van der Waals surface area contributed by atoms with Crippen LogP contribution < -0.4 is 0 Å². The van der Waals surface area contributed by atoms with Gasteiger partial charge in [-0.2, -0.15) is 33.9 Å². The second kappa shape index (κ2) is 5.60. The van der Waals surface area contributed by atoms with Gasteiger partial charge in [-0.1, -0.05) is 34.6 Å². The average Bonchev–Trinajstić information content (AvgIpc) is 1.97. The van der Waals surface area contributed by atoms with Crippen LogP contribution in [0.1, 0.15) is 27.8 Å². The predicted molar refractivity (Wildman–Crippen MR) is 55.4 cm³/mol. The zero-order valence-electron chi connectivity index (χ0n) is 9.41. The Bertz CT molecular complexity index is 261. The molecule has 0 atom stereocenters. The molecule has 0 bridgehead atoms. The van der Waals surface area contributed by atoms with Crippen molar-refractivity contribution in [1.82, 2.24) is 0 Å². The van der Waals surface area contributed by atoms with Gasteiger partial charge in [0.15, 0.2) is 0 Å². The van der Waals surface area contributed by atoms with Crippen molar-refractivity contribution in [3.05, 3.63) is 41.3 Å². The Balaban J connectivity index is 0. The van der Waals surface area contributed by atoms with Gasteiger partial charge in [0.05, 0.1) is 0 Å². The van der Waals surface area contributed by atoms with Crippen LogP contribution in [0.4, 0.5) is 0 Å². The number of rotatable bonds is 0. The molecule has 0 N–H and O–H groups in total. The number of aryl methyl sites for hydroxylation is 2. The van der Waals surface area contributed by atoms with Crippen molar-refractivity contribution in [2.75, 3.05) is 0 Å². The first-order valence-electron chi connectivity index (χ1n) is 4.00. The van der Waals surface area contributed by atoms with Gasteiger partial charge in [-0.15, -0.1) is 0 Å². The van der Waals surface area contributed by atoms with Crippen LogP contribution in [0.2, 0.25) is 0 Å². The average molecular weight is 346 g/mol. The molecule has 0 radical (unpaired) electrons. The largest absolute Gasteiger partial charge is 2.00 e. The molecule has 0 fully saturated rings. The van der Waals surface area contributed by atoms with Crippen molar-refractivity contribution >= 4 is 0 Å². The van der Waals surface area contributed by atoms with Gasteiger partial charge in [0.1, 0.15) is 0 Å². The smallest absolute Gasteiger partial charge is 0.358 e. The SMILES string of the molecule is Cc1[c-]c(C)c(C)c(C)c1C.[CH3-].[W+2]. The molecule has 72 valence electrons. The molecule has 1 rings (SSSR count). The first kappa shape index (κ1) is 15.4.